The van der Waals surface area contributed by atoms with E-state index in [-0.39, 0.29) is 5.91 Å². The average molecular weight is 306 g/mol. The maximum absolute atomic E-state index is 12.6. The first-order valence-corrected chi connectivity index (χ1v) is 7.91. The average Bonchev–Trinajstić information content (AvgIpc) is 2.47. The van der Waals surface area contributed by atoms with E-state index >= 15 is 0 Å². The minimum atomic E-state index is -1.03. The number of anilines is 1. The van der Waals surface area contributed by atoms with Crippen LogP contribution in [-0.2, 0) is 10.8 Å². The molecular weight excluding hydrogens is 294 g/mol. The second kappa shape index (κ2) is 5.38. The molecule has 1 aliphatic rings. The molecule has 0 radical (unpaired) electrons. The molecular formula is C15H12ClNO2S. The number of nitrogens with zero attached hydrogens (tertiary/aromatic N) is 1. The van der Waals surface area contributed by atoms with Crippen molar-refractivity contribution in [3.05, 3.63) is 59.1 Å². The highest BCUT2D eigenvalue weighted by Gasteiger charge is 2.26. The predicted molar refractivity (Wildman–Crippen MR) is 80.8 cm³/mol. The summed E-state index contributed by atoms with van der Waals surface area (Å²) < 4.78 is 12.0. The summed E-state index contributed by atoms with van der Waals surface area (Å²) in [6.07, 6.45) is 0. The molecule has 0 saturated carbocycles. The fraction of sp³-hybridized carbons (Fsp3) is 0.133. The van der Waals surface area contributed by atoms with Gasteiger partial charge in [0, 0.05) is 22.9 Å². The number of fused-ring (bicyclic) bond motifs is 1. The molecule has 102 valence electrons. The van der Waals surface area contributed by atoms with Crippen molar-refractivity contribution in [3.63, 3.8) is 0 Å². The van der Waals surface area contributed by atoms with Crippen LogP contribution in [0.15, 0.2) is 53.4 Å². The minimum absolute atomic E-state index is 0.114. The Bertz CT molecular complexity index is 702. The Morgan fingerprint density at radius 1 is 1.15 bits per heavy atom. The van der Waals surface area contributed by atoms with Crippen molar-refractivity contribution < 1.29 is 9.00 Å². The van der Waals surface area contributed by atoms with Gasteiger partial charge >= 0.3 is 0 Å². The first kappa shape index (κ1) is 13.3. The molecule has 1 heterocycles. The van der Waals surface area contributed by atoms with Crippen LogP contribution in [0.3, 0.4) is 0 Å². The lowest BCUT2D eigenvalue weighted by Crippen LogP contribution is -2.38. The van der Waals surface area contributed by atoms with E-state index in [9.17, 15) is 9.00 Å². The highest BCUT2D eigenvalue weighted by molar-refractivity contribution is 7.85. The zero-order chi connectivity index (χ0) is 14.1. The smallest absolute Gasteiger partial charge is 0.258 e. The van der Waals surface area contributed by atoms with Crippen molar-refractivity contribution >= 4 is 34.0 Å². The lowest BCUT2D eigenvalue weighted by Gasteiger charge is -2.28. The van der Waals surface area contributed by atoms with E-state index in [0.29, 0.717) is 27.8 Å². The van der Waals surface area contributed by atoms with E-state index in [2.05, 4.69) is 0 Å². The molecule has 0 aliphatic carbocycles. The first-order chi connectivity index (χ1) is 9.66. The van der Waals surface area contributed by atoms with E-state index < -0.39 is 10.8 Å². The number of rotatable bonds is 1. The lowest BCUT2D eigenvalue weighted by atomic mass is 10.1. The van der Waals surface area contributed by atoms with Crippen molar-refractivity contribution in [3.8, 4) is 0 Å². The molecule has 0 bridgehead atoms. The molecule has 1 amide bonds. The van der Waals surface area contributed by atoms with Gasteiger partial charge in [0.2, 0.25) is 0 Å². The molecule has 1 aliphatic heterocycles. The fourth-order valence-corrected chi connectivity index (χ4v) is 3.67. The van der Waals surface area contributed by atoms with Gasteiger partial charge in [-0.15, -0.1) is 0 Å². The van der Waals surface area contributed by atoms with E-state index in [1.807, 2.05) is 24.3 Å². The molecule has 5 heteroatoms. The summed E-state index contributed by atoms with van der Waals surface area (Å²) in [7, 11) is -1.03. The number of halogens is 1. The van der Waals surface area contributed by atoms with Gasteiger partial charge in [0.05, 0.1) is 21.4 Å². The van der Waals surface area contributed by atoms with Gasteiger partial charge in [-0.3, -0.25) is 9.00 Å². The third kappa shape index (κ3) is 2.37. The van der Waals surface area contributed by atoms with Crippen LogP contribution in [0.1, 0.15) is 10.4 Å². The Labute approximate surface area is 124 Å². The quantitative estimate of drug-likeness (QED) is 0.812. The maximum Gasteiger partial charge on any atom is 0.258 e. The fourth-order valence-electron chi connectivity index (χ4n) is 2.27. The normalized spacial score (nSPS) is 17.6. The van der Waals surface area contributed by atoms with Gasteiger partial charge < -0.3 is 4.90 Å². The van der Waals surface area contributed by atoms with E-state index in [4.69, 9.17) is 11.6 Å². The van der Waals surface area contributed by atoms with E-state index in [1.54, 1.807) is 29.2 Å². The summed E-state index contributed by atoms with van der Waals surface area (Å²) in [5, 5.41) is 0.532. The largest absolute Gasteiger partial charge is 0.306 e. The number of hydrogen-bond acceptors (Lipinski definition) is 2. The van der Waals surface area contributed by atoms with Crippen LogP contribution in [0.2, 0.25) is 5.02 Å². The summed E-state index contributed by atoms with van der Waals surface area (Å²) in [4.78, 5) is 15.0. The van der Waals surface area contributed by atoms with Crippen LogP contribution in [0.4, 0.5) is 5.69 Å². The standard InChI is InChI=1S/C15H12ClNO2S/c16-12-5-3-4-11(10-12)15(18)17-8-9-20(19)14-7-2-1-6-13(14)17/h1-7,10H,8-9H2. The minimum Gasteiger partial charge on any atom is -0.306 e. The summed E-state index contributed by atoms with van der Waals surface area (Å²) in [6.45, 7) is 0.453. The highest BCUT2D eigenvalue weighted by atomic mass is 35.5. The molecule has 2 aromatic carbocycles. The number of hydrogen-bond donors (Lipinski definition) is 0. The first-order valence-electron chi connectivity index (χ1n) is 6.21. The zero-order valence-corrected chi connectivity index (χ0v) is 12.2. The number of para-hydroxylation sites is 1. The Kier molecular flexibility index (Phi) is 3.59. The van der Waals surface area contributed by atoms with Gasteiger partial charge in [0.25, 0.3) is 5.91 Å². The monoisotopic (exact) mass is 305 g/mol. The molecule has 0 saturated heterocycles. The van der Waals surface area contributed by atoms with Gasteiger partial charge in [-0.2, -0.15) is 0 Å². The summed E-state index contributed by atoms with van der Waals surface area (Å²) in [5.41, 5.74) is 1.27. The topological polar surface area (TPSA) is 37.4 Å². The maximum atomic E-state index is 12.6. The Morgan fingerprint density at radius 2 is 1.95 bits per heavy atom. The molecule has 1 unspecified atom stereocenters. The van der Waals surface area contributed by atoms with Gasteiger partial charge in [-0.1, -0.05) is 29.8 Å². The Morgan fingerprint density at radius 3 is 2.75 bits per heavy atom. The van der Waals surface area contributed by atoms with E-state index in [1.165, 1.54) is 0 Å². The third-order valence-corrected chi connectivity index (χ3v) is 4.84. The summed E-state index contributed by atoms with van der Waals surface area (Å²) in [5.74, 6) is 0.347. The van der Waals surface area contributed by atoms with Crippen LogP contribution in [-0.4, -0.2) is 22.4 Å². The molecule has 0 N–H and O–H groups in total. The third-order valence-electron chi connectivity index (χ3n) is 3.22. The second-order valence-corrected chi connectivity index (χ2v) is 6.46. The zero-order valence-electron chi connectivity index (χ0n) is 10.6. The Hall–Kier alpha value is -1.65. The number of amides is 1. The molecule has 20 heavy (non-hydrogen) atoms. The second-order valence-electron chi connectivity index (χ2n) is 4.48. The van der Waals surface area contributed by atoms with Crippen molar-refractivity contribution in [1.82, 2.24) is 0 Å². The van der Waals surface area contributed by atoms with Crippen LogP contribution < -0.4 is 4.90 Å². The SMILES string of the molecule is O=C(c1cccc(Cl)c1)N1CCS(=O)c2ccccc21. The molecule has 1 atom stereocenters. The van der Waals surface area contributed by atoms with Crippen molar-refractivity contribution in [2.75, 3.05) is 17.2 Å². The lowest BCUT2D eigenvalue weighted by molar-refractivity contribution is 0.0987. The van der Waals surface area contributed by atoms with Crippen LogP contribution in [0.25, 0.3) is 0 Å². The van der Waals surface area contributed by atoms with Gasteiger partial charge in [0.15, 0.2) is 0 Å². The van der Waals surface area contributed by atoms with Gasteiger partial charge in [0.1, 0.15) is 0 Å². The van der Waals surface area contributed by atoms with Gasteiger partial charge in [-0.05, 0) is 30.3 Å². The number of carbonyl (C=O) groups excluding carboxylic acids is 1. The summed E-state index contributed by atoms with van der Waals surface area (Å²) in [6, 6.07) is 14.2. The predicted octanol–water partition coefficient (Wildman–Crippen LogP) is 3.11. The molecule has 3 rings (SSSR count). The number of benzene rings is 2. The molecule has 0 spiro atoms. The Balaban J connectivity index is 2.01. The van der Waals surface area contributed by atoms with Crippen LogP contribution in [0, 0.1) is 0 Å². The molecule has 0 fully saturated rings. The van der Waals surface area contributed by atoms with Crippen LogP contribution in [0.5, 0.6) is 0 Å². The highest BCUT2D eigenvalue weighted by Crippen LogP contribution is 2.29. The van der Waals surface area contributed by atoms with E-state index in [0.717, 1.165) is 5.69 Å². The molecule has 3 nitrogen and oxygen atoms in total. The van der Waals surface area contributed by atoms with Crippen molar-refractivity contribution in [1.29, 1.82) is 0 Å². The van der Waals surface area contributed by atoms with Gasteiger partial charge in [-0.25, -0.2) is 0 Å². The summed E-state index contributed by atoms with van der Waals surface area (Å²) >= 11 is 5.93. The van der Waals surface area contributed by atoms with Crippen LogP contribution >= 0.6 is 11.6 Å². The number of carbonyl (C=O) groups is 1. The molecule has 2 aromatic rings. The molecule has 0 aromatic heterocycles. The van der Waals surface area contributed by atoms with Crippen molar-refractivity contribution in [2.45, 2.75) is 4.90 Å². The van der Waals surface area contributed by atoms with Crippen molar-refractivity contribution in [2.24, 2.45) is 0 Å².